The van der Waals surface area contributed by atoms with Crippen molar-refractivity contribution in [1.29, 1.82) is 0 Å². The molecule has 0 saturated heterocycles. The van der Waals surface area contributed by atoms with Crippen LogP contribution in [0.5, 0.6) is 5.75 Å². The fourth-order valence-electron chi connectivity index (χ4n) is 3.80. The monoisotopic (exact) mass is 465 g/mol. The minimum absolute atomic E-state index is 0.0312. The minimum Gasteiger partial charge on any atom is -0.508 e. The highest BCUT2D eigenvalue weighted by Gasteiger charge is 2.42. The van der Waals surface area contributed by atoms with E-state index in [-0.39, 0.29) is 16.3 Å². The van der Waals surface area contributed by atoms with E-state index < -0.39 is 34.3 Å². The van der Waals surface area contributed by atoms with E-state index in [0.717, 1.165) is 9.87 Å². The van der Waals surface area contributed by atoms with Crippen LogP contribution in [0.15, 0.2) is 71.6 Å². The van der Waals surface area contributed by atoms with Gasteiger partial charge in [-0.3, -0.25) is 13.9 Å². The molecule has 4 rings (SSSR count). The molecule has 3 aromatic rings. The third kappa shape index (κ3) is 4.40. The van der Waals surface area contributed by atoms with Crippen molar-refractivity contribution in [1.82, 2.24) is 0 Å². The zero-order chi connectivity index (χ0) is 23.8. The van der Waals surface area contributed by atoms with Gasteiger partial charge in [-0.1, -0.05) is 30.3 Å². The van der Waals surface area contributed by atoms with Gasteiger partial charge in [0.1, 0.15) is 11.8 Å². The number of carbonyl (C=O) groups is 2. The van der Waals surface area contributed by atoms with Crippen molar-refractivity contribution in [3.8, 4) is 5.75 Å². The molecule has 1 atom stereocenters. The van der Waals surface area contributed by atoms with Crippen LogP contribution < -0.4 is 14.9 Å². The summed E-state index contributed by atoms with van der Waals surface area (Å²) >= 11 is 0. The van der Waals surface area contributed by atoms with Crippen LogP contribution in [0.2, 0.25) is 0 Å². The molecule has 1 aliphatic heterocycles. The van der Waals surface area contributed by atoms with Crippen molar-refractivity contribution in [2.75, 3.05) is 14.9 Å². The summed E-state index contributed by atoms with van der Waals surface area (Å²) in [7, 11) is -4.18. The second-order valence-corrected chi connectivity index (χ2v) is 9.68. The van der Waals surface area contributed by atoms with Crippen LogP contribution in [0, 0.1) is 13.8 Å². The second kappa shape index (κ2) is 8.59. The molecule has 0 saturated carbocycles. The summed E-state index contributed by atoms with van der Waals surface area (Å²) in [5.74, 6) is -1.20. The molecule has 0 radical (unpaired) electrons. The van der Waals surface area contributed by atoms with Crippen LogP contribution in [-0.2, 0) is 19.6 Å². The topological polar surface area (TPSA) is 116 Å². The highest BCUT2D eigenvalue weighted by Crippen LogP contribution is 2.38. The Bertz CT molecular complexity index is 1350. The van der Waals surface area contributed by atoms with Crippen LogP contribution in [0.4, 0.5) is 17.1 Å². The summed E-state index contributed by atoms with van der Waals surface area (Å²) in [4.78, 5) is 25.9. The average molecular weight is 466 g/mol. The number of para-hydroxylation sites is 2. The molecular formula is C24H23N3O5S. The van der Waals surface area contributed by atoms with Gasteiger partial charge in [0.25, 0.3) is 10.0 Å². The van der Waals surface area contributed by atoms with E-state index in [4.69, 9.17) is 0 Å². The van der Waals surface area contributed by atoms with Gasteiger partial charge in [-0.15, -0.1) is 0 Å². The highest BCUT2D eigenvalue weighted by atomic mass is 32.2. The molecule has 0 spiro atoms. The number of anilines is 3. The quantitative estimate of drug-likeness (QED) is 0.533. The number of nitrogens with one attached hydrogen (secondary N) is 2. The maximum atomic E-state index is 13.8. The number of benzene rings is 3. The van der Waals surface area contributed by atoms with Crippen molar-refractivity contribution in [3.63, 3.8) is 0 Å². The van der Waals surface area contributed by atoms with Gasteiger partial charge < -0.3 is 15.7 Å². The van der Waals surface area contributed by atoms with Crippen molar-refractivity contribution in [2.24, 2.45) is 0 Å². The minimum atomic E-state index is -4.18. The molecule has 9 heteroatoms. The average Bonchev–Trinajstić information content (AvgIpc) is 2.75. The maximum Gasteiger partial charge on any atom is 0.265 e. The molecule has 8 nitrogen and oxygen atoms in total. The number of aryl methyl sites for hydroxylation is 2. The van der Waals surface area contributed by atoms with Crippen molar-refractivity contribution in [3.05, 3.63) is 77.9 Å². The second-order valence-electron chi connectivity index (χ2n) is 7.89. The number of rotatable bonds is 5. The van der Waals surface area contributed by atoms with Crippen molar-refractivity contribution < 1.29 is 23.1 Å². The van der Waals surface area contributed by atoms with E-state index in [1.807, 2.05) is 6.07 Å². The third-order valence-electron chi connectivity index (χ3n) is 5.37. The number of phenols is 1. The maximum absolute atomic E-state index is 13.8. The van der Waals surface area contributed by atoms with Gasteiger partial charge in [-0.2, -0.15) is 0 Å². The fourth-order valence-corrected chi connectivity index (χ4v) is 5.74. The lowest BCUT2D eigenvalue weighted by Crippen LogP contribution is -2.52. The summed E-state index contributed by atoms with van der Waals surface area (Å²) < 4.78 is 28.7. The molecule has 1 unspecified atom stereocenters. The van der Waals surface area contributed by atoms with Gasteiger partial charge in [0, 0.05) is 11.8 Å². The zero-order valence-corrected chi connectivity index (χ0v) is 18.9. The van der Waals surface area contributed by atoms with Gasteiger partial charge >= 0.3 is 0 Å². The van der Waals surface area contributed by atoms with Gasteiger partial charge in [0.2, 0.25) is 11.8 Å². The van der Waals surface area contributed by atoms with Crippen molar-refractivity contribution in [2.45, 2.75) is 31.2 Å². The van der Waals surface area contributed by atoms with Gasteiger partial charge in [-0.25, -0.2) is 8.42 Å². The van der Waals surface area contributed by atoms with Gasteiger partial charge in [-0.05, 0) is 55.3 Å². The van der Waals surface area contributed by atoms with Crippen LogP contribution in [0.25, 0.3) is 0 Å². The first-order valence-electron chi connectivity index (χ1n) is 10.3. The van der Waals surface area contributed by atoms with E-state index in [9.17, 15) is 23.1 Å². The number of phenolic OH excluding ortho intramolecular Hbond substituents is 1. The number of sulfonamides is 1. The largest absolute Gasteiger partial charge is 0.508 e. The Balaban J connectivity index is 1.76. The SMILES string of the molecule is Cc1ccc(C)c(S(=O)(=O)N2c3ccccc3NC(=O)C2CC(=O)Nc2cccc(O)c2)c1. The first-order valence-corrected chi connectivity index (χ1v) is 11.7. The number of hydrogen-bond acceptors (Lipinski definition) is 5. The molecule has 1 heterocycles. The fraction of sp³-hybridized carbons (Fsp3) is 0.167. The van der Waals surface area contributed by atoms with E-state index in [2.05, 4.69) is 10.6 Å². The summed E-state index contributed by atoms with van der Waals surface area (Å²) in [6, 6.07) is 16.3. The summed E-state index contributed by atoms with van der Waals surface area (Å²) in [5, 5.41) is 14.9. The lowest BCUT2D eigenvalue weighted by molar-refractivity contribution is -0.122. The van der Waals surface area contributed by atoms with Crippen LogP contribution in [-0.4, -0.2) is 31.4 Å². The molecular weight excluding hydrogens is 442 g/mol. The summed E-state index contributed by atoms with van der Waals surface area (Å²) in [5.41, 5.74) is 2.26. The smallest absolute Gasteiger partial charge is 0.265 e. The standard InChI is InChI=1S/C24H23N3O5S/c1-15-10-11-16(2)22(12-15)33(31,32)27-20-9-4-3-8-19(20)26-24(30)21(27)14-23(29)25-17-6-5-7-18(28)13-17/h3-13,21,28H,14H2,1-2H3,(H,25,29)(H,26,30). The number of fused-ring (bicyclic) bond motifs is 1. The molecule has 0 bridgehead atoms. The summed E-state index contributed by atoms with van der Waals surface area (Å²) in [6.07, 6.45) is -0.417. The lowest BCUT2D eigenvalue weighted by atomic mass is 10.1. The Kier molecular flexibility index (Phi) is 5.82. The highest BCUT2D eigenvalue weighted by molar-refractivity contribution is 7.93. The Morgan fingerprint density at radius 1 is 1.06 bits per heavy atom. The molecule has 170 valence electrons. The first kappa shape index (κ1) is 22.3. The number of hydrogen-bond donors (Lipinski definition) is 3. The molecule has 3 N–H and O–H groups in total. The third-order valence-corrected chi connectivity index (χ3v) is 7.34. The van der Waals surface area contributed by atoms with E-state index >= 15 is 0 Å². The van der Waals surface area contributed by atoms with Crippen LogP contribution in [0.3, 0.4) is 0 Å². The Hall–Kier alpha value is -3.85. The molecule has 1 aliphatic rings. The number of carbonyl (C=O) groups excluding carboxylic acids is 2. The predicted octanol–water partition coefficient (Wildman–Crippen LogP) is 3.55. The number of amides is 2. The Morgan fingerprint density at radius 2 is 1.82 bits per heavy atom. The summed E-state index contributed by atoms with van der Waals surface area (Å²) in [6.45, 7) is 3.47. The van der Waals surface area contributed by atoms with Gasteiger partial charge in [0.05, 0.1) is 22.7 Å². The van der Waals surface area contributed by atoms with Crippen molar-refractivity contribution >= 4 is 38.9 Å². The molecule has 0 fully saturated rings. The number of aromatic hydroxyl groups is 1. The van der Waals surface area contributed by atoms with E-state index in [1.165, 1.54) is 12.1 Å². The zero-order valence-electron chi connectivity index (χ0n) is 18.1. The molecule has 3 aromatic carbocycles. The number of nitrogens with zero attached hydrogens (tertiary/aromatic N) is 1. The van der Waals surface area contributed by atoms with E-state index in [0.29, 0.717) is 16.9 Å². The molecule has 0 aromatic heterocycles. The Labute approximate surface area is 191 Å². The molecule has 33 heavy (non-hydrogen) atoms. The van der Waals surface area contributed by atoms with Gasteiger partial charge in [0.15, 0.2) is 0 Å². The first-order chi connectivity index (χ1) is 15.7. The Morgan fingerprint density at radius 3 is 2.58 bits per heavy atom. The molecule has 0 aliphatic carbocycles. The van der Waals surface area contributed by atoms with E-state index in [1.54, 1.807) is 62.4 Å². The van der Waals surface area contributed by atoms with Crippen LogP contribution >= 0.6 is 0 Å². The lowest BCUT2D eigenvalue weighted by Gasteiger charge is -2.37. The normalized spacial score (nSPS) is 15.5. The molecule has 2 amide bonds. The predicted molar refractivity (Wildman–Crippen MR) is 126 cm³/mol. The van der Waals surface area contributed by atoms with Crippen LogP contribution in [0.1, 0.15) is 17.5 Å².